The van der Waals surface area contributed by atoms with Crippen LogP contribution in [-0.2, 0) is 52.3 Å². The van der Waals surface area contributed by atoms with Crippen LogP contribution in [0.4, 0.5) is 14.4 Å². The van der Waals surface area contributed by atoms with Crippen LogP contribution in [0.15, 0.2) is 158 Å². The summed E-state index contributed by atoms with van der Waals surface area (Å²) in [5.41, 5.74) is 2.76. The molecule has 6 aromatic carbocycles. The van der Waals surface area contributed by atoms with Gasteiger partial charge in [0.1, 0.15) is 95.7 Å². The maximum absolute atomic E-state index is 12.7. The van der Waals surface area contributed by atoms with Crippen molar-refractivity contribution in [2.45, 2.75) is 189 Å². The number of unbranched alkanes of at least 4 members (excludes halogenated alkanes) is 1. The highest BCUT2D eigenvalue weighted by Crippen LogP contribution is 2.53. The Balaban J connectivity index is 0.000000121. The molecule has 3 amide bonds. The van der Waals surface area contributed by atoms with Crippen molar-refractivity contribution in [1.29, 1.82) is 0 Å². The van der Waals surface area contributed by atoms with Crippen molar-refractivity contribution in [3.05, 3.63) is 202 Å². The molecule has 6 fully saturated rings. The highest BCUT2D eigenvalue weighted by atomic mass is 79.9. The quantitative estimate of drug-likeness (QED) is 0.0830. The lowest BCUT2D eigenvalue weighted by Gasteiger charge is -2.45. The van der Waals surface area contributed by atoms with E-state index in [1.54, 1.807) is 63.2 Å². The van der Waals surface area contributed by atoms with Crippen molar-refractivity contribution in [1.82, 2.24) is 19.6 Å². The molecule has 0 radical (unpaired) electrons. The van der Waals surface area contributed by atoms with E-state index < -0.39 is 69.2 Å². The molecule has 128 heavy (non-hydrogen) atoms. The second-order valence-electron chi connectivity index (χ2n) is 35.6. The number of carbonyl (C=O) groups excluding carboxylic acids is 11. The van der Waals surface area contributed by atoms with E-state index in [-0.39, 0.29) is 42.7 Å². The van der Waals surface area contributed by atoms with Crippen LogP contribution in [0.3, 0.4) is 0 Å². The standard InChI is InChI=1S/C29H26BrNO5S.C25H31NO5S.C23H25NO5S.C22H23NO5S/c30-20-7-5-19-14-22(8-6-18(19)13-20)35-16-21(32)15-31-11-9-29(10-12-31)17-37-28-26(34)25(33)23-3-1-2-4-24(23)27(28)36-29;1-3-5-8-17(4-2)15-30-24(29)26-13-11-25(12-14-26)16-32-23-21(28)20(27)18-9-6-7-10-19(18)22(23)31-25;25-18-16-8-4-5-9-17(16)20-21(19(18)26)30-14-23(29-20)10-12-24(13-11-23)22(27)28-15-6-2-1-3-7-15;24-17-15-7-3-4-8-16(15)19-20(18(17)25)29-13-22(28-19)9-11-23(12-10-22)21(26)27-14-5-1-2-6-14/h1-8,13-14,21,32H,9-12,15-17H2;6-7,9-10,17H,3-5,8,11-16H2,1-2H3;4-5,8-9,15H,1-3,6-7,10-14H2;3-4,7-8,14H,1-2,5-6,9-13H2/t21-;;;/m0.../s1. The fourth-order valence-corrected chi connectivity index (χ4v) is 24.5. The smallest absolute Gasteiger partial charge is 0.410 e. The predicted molar refractivity (Wildman–Crippen MR) is 494 cm³/mol. The molecule has 1 N–H and O–H groups in total. The molecule has 0 bridgehead atoms. The van der Waals surface area contributed by atoms with Crippen LogP contribution >= 0.6 is 63.0 Å². The van der Waals surface area contributed by atoms with E-state index in [0.29, 0.717) is 207 Å². The third-order valence-electron chi connectivity index (χ3n) is 27.0. The highest BCUT2D eigenvalue weighted by Gasteiger charge is 2.52. The number of likely N-dealkylation sites (tertiary alicyclic amines) is 4. The molecule has 14 aliphatic rings. The normalized spacial score (nSPS) is 21.8. The summed E-state index contributed by atoms with van der Waals surface area (Å²) in [4.78, 5) is 147. The lowest BCUT2D eigenvalue weighted by molar-refractivity contribution is -0.112. The summed E-state index contributed by atoms with van der Waals surface area (Å²) in [5, 5.41) is 12.9. The summed E-state index contributed by atoms with van der Waals surface area (Å²) >= 11 is 9.18. The summed E-state index contributed by atoms with van der Waals surface area (Å²) in [5.74, 6) is 2.04. The summed E-state index contributed by atoms with van der Waals surface area (Å²) in [6.45, 7) is 10.5. The van der Waals surface area contributed by atoms with Gasteiger partial charge in [0.15, 0.2) is 0 Å². The minimum absolute atomic E-state index is 0.0543. The lowest BCUT2D eigenvalue weighted by Crippen LogP contribution is -2.51. The van der Waals surface area contributed by atoms with Gasteiger partial charge in [-0.15, -0.1) is 47.0 Å². The van der Waals surface area contributed by atoms with Crippen LogP contribution in [0.5, 0.6) is 5.75 Å². The Labute approximate surface area is 769 Å². The average molecular weight is 1880 g/mol. The Kier molecular flexibility index (Phi) is 27.8. The van der Waals surface area contributed by atoms with E-state index in [2.05, 4.69) is 40.7 Å². The van der Waals surface area contributed by atoms with E-state index in [4.69, 9.17) is 37.9 Å². The predicted octanol–water partition coefficient (Wildman–Crippen LogP) is 18.1. The zero-order valence-corrected chi connectivity index (χ0v) is 76.8. The maximum Gasteiger partial charge on any atom is 0.410 e. The molecule has 2 atom stereocenters. The molecule has 672 valence electrons. The molecule has 20 rings (SSSR count). The number of amides is 3. The van der Waals surface area contributed by atoms with Crippen LogP contribution in [0.25, 0.3) is 33.8 Å². The topological polar surface area (TPSA) is 295 Å². The molecule has 8 heterocycles. The number of piperidine rings is 4. The largest absolute Gasteiger partial charge is 0.491 e. The van der Waals surface area contributed by atoms with Crippen molar-refractivity contribution >= 4 is 161 Å². The molecule has 8 aliphatic heterocycles. The number of aliphatic hydroxyl groups is 1. The number of rotatable bonds is 13. The molecule has 6 aliphatic carbocycles. The minimum Gasteiger partial charge on any atom is -0.491 e. The Morgan fingerprint density at radius 2 is 0.758 bits per heavy atom. The Bertz CT molecular complexity index is 5520. The molecule has 24 nitrogen and oxygen atoms in total. The maximum atomic E-state index is 12.7. The number of nitrogens with zero attached hydrogens (tertiary/aromatic N) is 4. The lowest BCUT2D eigenvalue weighted by atomic mass is 9.90. The van der Waals surface area contributed by atoms with E-state index in [1.165, 1.54) is 53.5 Å². The van der Waals surface area contributed by atoms with Gasteiger partial charge in [0.25, 0.3) is 0 Å². The third kappa shape index (κ3) is 19.3. The van der Waals surface area contributed by atoms with Crippen LogP contribution < -0.4 is 4.74 Å². The fourth-order valence-electron chi connectivity index (χ4n) is 19.1. The second kappa shape index (κ2) is 39.3. The molecule has 4 spiro atoms. The number of allylic oxidation sites excluding steroid dienone is 4. The first-order valence-electron chi connectivity index (χ1n) is 45.0. The van der Waals surface area contributed by atoms with Crippen LogP contribution in [0, 0.1) is 5.92 Å². The first kappa shape index (κ1) is 90.4. The number of hydrogen-bond donors (Lipinski definition) is 1. The SMILES string of the molecule is CCCCC(CC)COC(=O)N1CCC2(CC1)CSC1=C(O2)c2ccccc2C(=O)C1=O.O=C1C(=O)c2ccccc2C2=C1SCC1(CCN(C(=O)OC3CCCC3)CC1)O2.O=C1C(=O)c2ccccc2C2=C1SCC1(CCN(C(=O)OC3CCCCC3)CC1)O2.O=C1C(=O)c2ccccc2C2=C1SCC1(CCN(C[C@H](O)COc3ccc4cc(Br)ccc4c3)CC1)O2. The van der Waals surface area contributed by atoms with Crippen molar-refractivity contribution in [3.8, 4) is 5.75 Å². The van der Waals surface area contributed by atoms with Gasteiger partial charge in [-0.2, -0.15) is 0 Å². The zero-order valence-electron chi connectivity index (χ0n) is 72.0. The van der Waals surface area contributed by atoms with Gasteiger partial charge in [-0.25, -0.2) is 14.4 Å². The number of β-amino-alcohol motifs (C(OH)–C–C–N with tert-alkyl or cyclic N) is 1. The average Bonchev–Trinajstić information content (AvgIpc) is 0.868. The van der Waals surface area contributed by atoms with Gasteiger partial charge in [0.05, 0.1) is 6.61 Å². The monoisotopic (exact) mass is 1880 g/mol. The highest BCUT2D eigenvalue weighted by molar-refractivity contribution is 9.10. The summed E-state index contributed by atoms with van der Waals surface area (Å²) in [6, 6.07) is 40.6. The van der Waals surface area contributed by atoms with Gasteiger partial charge < -0.3 is 62.6 Å². The van der Waals surface area contributed by atoms with Crippen LogP contribution in [0.1, 0.15) is 212 Å². The number of halogens is 1. The molecule has 0 aromatic heterocycles. The second-order valence-corrected chi connectivity index (χ2v) is 40.4. The molecule has 6 aromatic rings. The number of aliphatic hydroxyl groups excluding tert-OH is 1. The van der Waals surface area contributed by atoms with E-state index in [1.807, 2.05) is 78.9 Å². The fraction of sp³-hybridized carbons (Fsp3) is 0.465. The molecular formula is C99H105BrN4O20S4. The van der Waals surface area contributed by atoms with Crippen LogP contribution in [0.2, 0.25) is 0 Å². The molecule has 29 heteroatoms. The summed E-state index contributed by atoms with van der Waals surface area (Å²) in [6.07, 6.45) is 18.5. The number of carbonyl (C=O) groups is 11. The molecule has 4 saturated heterocycles. The zero-order chi connectivity index (χ0) is 89.0. The van der Waals surface area contributed by atoms with E-state index >= 15 is 0 Å². The number of ketones is 8. The van der Waals surface area contributed by atoms with Gasteiger partial charge in [-0.05, 0) is 98.7 Å². The Morgan fingerprint density at radius 1 is 0.422 bits per heavy atom. The van der Waals surface area contributed by atoms with Crippen molar-refractivity contribution in [3.63, 3.8) is 0 Å². The Morgan fingerprint density at radius 3 is 1.12 bits per heavy atom. The third-order valence-corrected chi connectivity index (χ3v) is 32.8. The van der Waals surface area contributed by atoms with Gasteiger partial charge >= 0.3 is 18.3 Å². The molecule has 2 saturated carbocycles. The summed E-state index contributed by atoms with van der Waals surface area (Å²) < 4.78 is 49.8. The number of hydrogen-bond acceptors (Lipinski definition) is 25. The first-order valence-corrected chi connectivity index (χ1v) is 49.8. The van der Waals surface area contributed by atoms with Gasteiger partial charge in [0, 0.05) is 182 Å². The number of ether oxygens (including phenoxy) is 8. The van der Waals surface area contributed by atoms with Crippen LogP contribution in [-0.4, -0.2) is 225 Å². The number of benzene rings is 6. The van der Waals surface area contributed by atoms with Crippen molar-refractivity contribution in [2.24, 2.45) is 5.92 Å². The van der Waals surface area contributed by atoms with E-state index in [0.717, 1.165) is 124 Å². The van der Waals surface area contributed by atoms with Gasteiger partial charge in [0.2, 0.25) is 46.3 Å². The number of thioether (sulfide) groups is 4. The molecule has 1 unspecified atom stereocenters. The molecular weight excluding hydrogens is 1770 g/mol. The summed E-state index contributed by atoms with van der Waals surface area (Å²) in [7, 11) is 0. The van der Waals surface area contributed by atoms with Gasteiger partial charge in [-0.1, -0.05) is 165 Å². The van der Waals surface area contributed by atoms with Crippen molar-refractivity contribution < 1.29 is 95.7 Å². The Hall–Kier alpha value is -9.49. The minimum atomic E-state index is -0.612. The number of Topliss-reactive ketones (excluding diaryl/α,β-unsaturated/α-hetero) is 8. The van der Waals surface area contributed by atoms with Crippen molar-refractivity contribution in [2.75, 3.05) is 95.1 Å². The van der Waals surface area contributed by atoms with E-state index in [9.17, 15) is 57.8 Å². The first-order chi connectivity index (χ1) is 62.0. The van der Waals surface area contributed by atoms with Gasteiger partial charge in [-0.3, -0.25) is 38.4 Å². The number of fused-ring (bicyclic) bond motifs is 9.